The second-order valence-electron chi connectivity index (χ2n) is 15.4. The molecule has 0 heterocycles. The fourth-order valence-corrected chi connectivity index (χ4v) is 20.4. The summed E-state index contributed by atoms with van der Waals surface area (Å²) in [5.74, 6) is -3.84. The van der Waals surface area contributed by atoms with E-state index in [1.807, 2.05) is 243 Å². The number of benzene rings is 8. The van der Waals surface area contributed by atoms with Crippen molar-refractivity contribution in [1.29, 1.82) is 0 Å². The molecule has 63 heavy (non-hydrogen) atoms. The molecule has 0 aliphatic rings. The van der Waals surface area contributed by atoms with Gasteiger partial charge in [-0.1, -0.05) is 0 Å². The molecule has 0 bridgehead atoms. The zero-order valence-corrected chi connectivity index (χ0v) is 36.1. The molecule has 7 nitrogen and oxygen atoms in total. The van der Waals surface area contributed by atoms with Crippen LogP contribution in [0.4, 0.5) is 0 Å². The normalized spacial score (nSPS) is 13.7. The summed E-state index contributed by atoms with van der Waals surface area (Å²) < 4.78 is 14.2. The summed E-state index contributed by atoms with van der Waals surface area (Å²) in [5, 5.41) is 28.7. The topological polar surface area (TPSA) is 110 Å². The summed E-state index contributed by atoms with van der Waals surface area (Å²) in [7, 11) is 0. The van der Waals surface area contributed by atoms with Crippen molar-refractivity contribution >= 4 is 74.0 Å². The zero-order valence-electron chi connectivity index (χ0n) is 34.3. The number of carboxylic acid groups (broad SMARTS) is 1. The van der Waals surface area contributed by atoms with Crippen LogP contribution in [-0.2, 0) is 23.4 Å². The van der Waals surface area contributed by atoms with Crippen LogP contribution in [0.1, 0.15) is 12.8 Å². The first-order chi connectivity index (χ1) is 30.7. The molecule has 8 aromatic rings. The number of rotatable bonds is 15. The minimum atomic E-state index is -4.62. The van der Waals surface area contributed by atoms with Crippen molar-refractivity contribution in [1.82, 2.24) is 0 Å². The van der Waals surface area contributed by atoms with E-state index < -0.39 is 50.0 Å². The number of carbonyl (C=O) groups is 3. The van der Waals surface area contributed by atoms with Gasteiger partial charge in [-0.2, -0.15) is 0 Å². The maximum absolute atomic E-state index is 15.1. The van der Waals surface area contributed by atoms with Gasteiger partial charge in [0.1, 0.15) is 0 Å². The van der Waals surface area contributed by atoms with E-state index in [1.165, 1.54) is 0 Å². The molecule has 0 saturated heterocycles. The molecule has 0 aromatic heterocycles. The zero-order chi connectivity index (χ0) is 43.9. The van der Waals surface area contributed by atoms with Gasteiger partial charge >= 0.3 is 369 Å². The van der Waals surface area contributed by atoms with Crippen LogP contribution in [0, 0.1) is 0 Å². The molecular formula is C54H46O7P2. The van der Waals surface area contributed by atoms with E-state index in [2.05, 4.69) is 0 Å². The van der Waals surface area contributed by atoms with E-state index in [9.17, 15) is 15.0 Å². The molecular weight excluding hydrogens is 823 g/mol. The summed E-state index contributed by atoms with van der Waals surface area (Å²) in [5.41, 5.74) is -2.98. The van der Waals surface area contributed by atoms with E-state index in [1.54, 1.807) is 0 Å². The van der Waals surface area contributed by atoms with Gasteiger partial charge in [0.05, 0.1) is 0 Å². The number of aliphatic carboxylic acids is 1. The molecule has 0 aliphatic carbocycles. The summed E-state index contributed by atoms with van der Waals surface area (Å²) >= 11 is 0. The van der Waals surface area contributed by atoms with Crippen molar-refractivity contribution in [2.24, 2.45) is 0 Å². The monoisotopic (exact) mass is 868 g/mol. The molecule has 0 radical (unpaired) electrons. The van der Waals surface area contributed by atoms with Crippen LogP contribution < -0.4 is 42.4 Å². The van der Waals surface area contributed by atoms with E-state index in [-0.39, 0.29) is 0 Å². The number of hydrogen-bond donors (Lipinski definition) is 2. The van der Waals surface area contributed by atoms with Crippen LogP contribution in [0.25, 0.3) is 0 Å². The van der Waals surface area contributed by atoms with Crippen LogP contribution in [0.5, 0.6) is 0 Å². The molecule has 0 unspecified atom stereocenters. The second kappa shape index (κ2) is 17.4. The summed E-state index contributed by atoms with van der Waals surface area (Å²) in [6, 6.07) is 75.4. The third-order valence-corrected chi connectivity index (χ3v) is 23.2. The Hall–Kier alpha value is -7.01. The molecule has 0 aliphatic heterocycles. The Morgan fingerprint density at radius 2 is 0.492 bits per heavy atom. The molecule has 9 heteroatoms. The Labute approximate surface area is 367 Å². The fraction of sp³-hybridized carbons (Fsp3) is 0.0556. The molecule has 0 amide bonds. The van der Waals surface area contributed by atoms with Crippen molar-refractivity contribution in [3.63, 3.8) is 0 Å². The number of carbonyl (C=O) groups excluding carboxylic acids is 2. The van der Waals surface area contributed by atoms with Crippen LogP contribution in [-0.4, -0.2) is 33.7 Å². The van der Waals surface area contributed by atoms with Crippen molar-refractivity contribution in [3.8, 4) is 0 Å². The van der Waals surface area contributed by atoms with E-state index in [0.29, 0.717) is 42.4 Å². The maximum atomic E-state index is 15.1. The average Bonchev–Trinajstić information content (AvgIpc) is 3.35. The van der Waals surface area contributed by atoms with Crippen molar-refractivity contribution in [2.45, 2.75) is 18.4 Å². The molecule has 0 atom stereocenters. The van der Waals surface area contributed by atoms with Gasteiger partial charge in [-0.3, -0.25) is 0 Å². The Morgan fingerprint density at radius 3 is 0.635 bits per heavy atom. The van der Waals surface area contributed by atoms with Crippen LogP contribution in [0.15, 0.2) is 243 Å². The first-order valence-electron chi connectivity index (χ1n) is 20.6. The van der Waals surface area contributed by atoms with E-state index >= 15 is 9.59 Å². The first kappa shape index (κ1) is 42.7. The molecule has 0 fully saturated rings. The van der Waals surface area contributed by atoms with Gasteiger partial charge in [0.2, 0.25) is 0 Å². The van der Waals surface area contributed by atoms with Crippen molar-refractivity contribution in [2.75, 3.05) is 0 Å². The molecule has 0 spiro atoms. The van der Waals surface area contributed by atoms with Crippen LogP contribution >= 0.6 is 13.7 Å². The Morgan fingerprint density at radius 1 is 0.333 bits per heavy atom. The van der Waals surface area contributed by atoms with Gasteiger partial charge in [-0.25, -0.2) is 0 Å². The molecule has 2 N–H and O–H groups in total. The van der Waals surface area contributed by atoms with Gasteiger partial charge in [-0.15, -0.1) is 0 Å². The van der Waals surface area contributed by atoms with Gasteiger partial charge in [0, 0.05) is 0 Å². The SMILES string of the molecule is O=C(CC(O)(CC(=O)OP(c1ccccc1)(c1ccccc1)(c1ccccc1)c1ccccc1)C(=O)O)OP(c1ccccc1)(c1ccccc1)(c1ccccc1)c1ccccc1. The summed E-state index contributed by atoms with van der Waals surface area (Å²) in [6.45, 7) is -9.24. The van der Waals surface area contributed by atoms with Crippen molar-refractivity contribution < 1.29 is 33.6 Å². The van der Waals surface area contributed by atoms with Gasteiger partial charge in [0.15, 0.2) is 0 Å². The van der Waals surface area contributed by atoms with E-state index in [4.69, 9.17) is 9.05 Å². The number of carboxylic acids is 1. The average molecular weight is 869 g/mol. The number of aliphatic hydroxyl groups is 1. The second-order valence-corrected chi connectivity index (χ2v) is 24.0. The summed E-state index contributed by atoms with van der Waals surface area (Å²) in [6.07, 6.45) is -2.17. The first-order valence-corrected chi connectivity index (χ1v) is 24.9. The standard InChI is InChI=1S/C54H46O7P2/c55-51(60-62(43-25-9-1-10-26-43,44-27-11-2-12-28-44,45-29-13-3-14-30-45)46-31-15-4-16-32-46)41-54(59,53(57)58)42-52(56)61-63(47-33-17-5-18-34-47,48-35-19-6-20-36-48,49-37-21-7-22-38-49)50-39-23-8-24-40-50/h1-40,59H,41-42H2,(H,57,58). The van der Waals surface area contributed by atoms with Gasteiger partial charge in [0.25, 0.3) is 0 Å². The molecule has 0 saturated carbocycles. The van der Waals surface area contributed by atoms with E-state index in [0.717, 1.165) is 0 Å². The Kier molecular flexibility index (Phi) is 11.8. The third-order valence-electron chi connectivity index (χ3n) is 11.8. The third kappa shape index (κ3) is 6.96. The van der Waals surface area contributed by atoms with Crippen LogP contribution in [0.3, 0.4) is 0 Å². The minimum absolute atomic E-state index is 0.674. The molecule has 314 valence electrons. The van der Waals surface area contributed by atoms with Gasteiger partial charge < -0.3 is 0 Å². The predicted octanol–water partition coefficient (Wildman–Crippen LogP) is 7.21. The van der Waals surface area contributed by atoms with Gasteiger partial charge in [-0.05, 0) is 0 Å². The molecule has 8 rings (SSSR count). The predicted molar refractivity (Wildman–Crippen MR) is 256 cm³/mol. The Balaban J connectivity index is 1.29. The van der Waals surface area contributed by atoms with Crippen molar-refractivity contribution in [3.05, 3.63) is 243 Å². The summed E-state index contributed by atoms with van der Waals surface area (Å²) in [4.78, 5) is 43.8. The molecule has 8 aromatic carbocycles. The quantitative estimate of drug-likeness (QED) is 0.105. The number of hydrogen-bond acceptors (Lipinski definition) is 6. The fourth-order valence-electron chi connectivity index (χ4n) is 9.07. The Bertz CT molecular complexity index is 2290. The van der Waals surface area contributed by atoms with Crippen LogP contribution in [0.2, 0.25) is 0 Å².